The van der Waals surface area contributed by atoms with Crippen LogP contribution >= 0.6 is 11.6 Å². The van der Waals surface area contributed by atoms with Crippen molar-refractivity contribution in [2.45, 2.75) is 19.4 Å². The number of halogens is 1. The summed E-state index contributed by atoms with van der Waals surface area (Å²) >= 11 is 5.92. The summed E-state index contributed by atoms with van der Waals surface area (Å²) in [5.74, 6) is 1.15. The number of fused-ring (bicyclic) bond motifs is 1. The van der Waals surface area contributed by atoms with Crippen molar-refractivity contribution < 1.29 is 14.3 Å². The number of nitrogens with zero attached hydrogens (tertiary/aromatic N) is 3. The molecule has 1 saturated heterocycles. The summed E-state index contributed by atoms with van der Waals surface area (Å²) in [7, 11) is 3.16. The first kappa shape index (κ1) is 22.7. The topological polar surface area (TPSA) is 87.5 Å². The number of carbonyl (C=O) groups is 1. The number of rotatable bonds is 6. The number of nitrogens with one attached hydrogen (secondary N) is 1. The lowest BCUT2D eigenvalue weighted by atomic mass is 9.94. The van der Waals surface area contributed by atoms with Crippen molar-refractivity contribution in [2.75, 3.05) is 32.2 Å². The molecular formula is C25H25ClN4O3. The Morgan fingerprint density at radius 1 is 1.18 bits per heavy atom. The minimum absolute atomic E-state index is 0.0519. The molecule has 33 heavy (non-hydrogen) atoms. The summed E-state index contributed by atoms with van der Waals surface area (Å²) < 4.78 is 10.9. The van der Waals surface area contributed by atoms with Crippen molar-refractivity contribution in [3.8, 4) is 17.6 Å². The van der Waals surface area contributed by atoms with E-state index in [0.717, 1.165) is 22.2 Å². The highest BCUT2D eigenvalue weighted by Gasteiger charge is 2.27. The Bertz CT molecular complexity index is 1200. The summed E-state index contributed by atoms with van der Waals surface area (Å²) in [6.45, 7) is 1.81. The van der Waals surface area contributed by atoms with Crippen LogP contribution in [0.3, 0.4) is 0 Å². The van der Waals surface area contributed by atoms with Gasteiger partial charge in [-0.3, -0.25) is 9.78 Å². The second-order valence-electron chi connectivity index (χ2n) is 7.96. The molecule has 1 aliphatic heterocycles. The first-order valence-electron chi connectivity index (χ1n) is 10.8. The monoisotopic (exact) mass is 464 g/mol. The lowest BCUT2D eigenvalue weighted by Gasteiger charge is -2.34. The number of piperidine rings is 1. The van der Waals surface area contributed by atoms with Crippen LogP contribution in [0, 0.1) is 17.2 Å². The average Bonchev–Trinajstić information content (AvgIpc) is 2.86. The van der Waals surface area contributed by atoms with E-state index < -0.39 is 0 Å². The number of amides is 1. The molecule has 0 radical (unpaired) electrons. The molecule has 1 amide bonds. The van der Waals surface area contributed by atoms with Gasteiger partial charge in [0.15, 0.2) is 11.5 Å². The van der Waals surface area contributed by atoms with Gasteiger partial charge in [0.1, 0.15) is 6.07 Å². The molecule has 2 aromatic carbocycles. The van der Waals surface area contributed by atoms with Crippen LogP contribution in [0.1, 0.15) is 24.0 Å². The summed E-state index contributed by atoms with van der Waals surface area (Å²) in [6.07, 6.45) is 3.00. The third-order valence-electron chi connectivity index (χ3n) is 6.03. The third kappa shape index (κ3) is 4.81. The van der Waals surface area contributed by atoms with Crippen molar-refractivity contribution >= 4 is 34.1 Å². The van der Waals surface area contributed by atoms with Gasteiger partial charge in [0.2, 0.25) is 5.91 Å². The molecule has 0 saturated carbocycles. The predicted molar refractivity (Wildman–Crippen MR) is 128 cm³/mol. The fourth-order valence-corrected chi connectivity index (χ4v) is 4.35. The van der Waals surface area contributed by atoms with Crippen LogP contribution in [-0.4, -0.2) is 38.2 Å². The van der Waals surface area contributed by atoms with Crippen molar-refractivity contribution in [2.24, 2.45) is 5.92 Å². The van der Waals surface area contributed by atoms with E-state index in [1.807, 2.05) is 36.4 Å². The minimum Gasteiger partial charge on any atom is -0.493 e. The molecule has 3 aromatic rings. The Morgan fingerprint density at radius 2 is 1.85 bits per heavy atom. The van der Waals surface area contributed by atoms with Crippen molar-refractivity contribution in [1.82, 2.24) is 10.3 Å². The van der Waals surface area contributed by atoms with Gasteiger partial charge >= 0.3 is 0 Å². The third-order valence-corrected chi connectivity index (χ3v) is 6.28. The van der Waals surface area contributed by atoms with E-state index in [4.69, 9.17) is 21.1 Å². The highest BCUT2D eigenvalue weighted by molar-refractivity contribution is 6.30. The van der Waals surface area contributed by atoms with Crippen LogP contribution in [0.25, 0.3) is 10.9 Å². The summed E-state index contributed by atoms with van der Waals surface area (Å²) in [5.41, 5.74) is 3.06. The summed E-state index contributed by atoms with van der Waals surface area (Å²) in [5, 5.41) is 14.3. The van der Waals surface area contributed by atoms with E-state index >= 15 is 0 Å². The Hall–Kier alpha value is -3.50. The van der Waals surface area contributed by atoms with Gasteiger partial charge in [-0.15, -0.1) is 0 Å². The van der Waals surface area contributed by atoms with Gasteiger partial charge in [0.05, 0.1) is 31.0 Å². The number of anilines is 1. The standard InChI is InChI=1S/C25H25ClN4O3/c1-32-22-11-20-21(12-23(22)33-2)28-15-18(13-27)24(20)30-9-7-17(8-10-30)25(31)29-14-16-3-5-19(26)6-4-16/h3-6,11-12,15,17H,7-10,14H2,1-2H3,(H,29,31). The van der Waals surface area contributed by atoms with Crippen LogP contribution in [0.15, 0.2) is 42.6 Å². The number of hydrogen-bond acceptors (Lipinski definition) is 6. The van der Waals surface area contributed by atoms with Gasteiger partial charge < -0.3 is 19.7 Å². The molecule has 0 aliphatic carbocycles. The highest BCUT2D eigenvalue weighted by atomic mass is 35.5. The van der Waals surface area contributed by atoms with E-state index in [0.29, 0.717) is 54.6 Å². The maximum absolute atomic E-state index is 12.7. The molecule has 2 heterocycles. The Labute approximate surface area is 197 Å². The van der Waals surface area contributed by atoms with Crippen LogP contribution < -0.4 is 19.7 Å². The van der Waals surface area contributed by atoms with Gasteiger partial charge in [0, 0.05) is 48.2 Å². The van der Waals surface area contributed by atoms with Crippen molar-refractivity contribution in [1.29, 1.82) is 5.26 Å². The van der Waals surface area contributed by atoms with Crippen LogP contribution in [0.4, 0.5) is 5.69 Å². The van der Waals surface area contributed by atoms with Crippen molar-refractivity contribution in [3.05, 3.63) is 58.7 Å². The summed E-state index contributed by atoms with van der Waals surface area (Å²) in [6, 6.07) is 13.4. The fraction of sp³-hybridized carbons (Fsp3) is 0.320. The summed E-state index contributed by atoms with van der Waals surface area (Å²) in [4.78, 5) is 19.3. The fourth-order valence-electron chi connectivity index (χ4n) is 4.23. The molecule has 8 heteroatoms. The second-order valence-corrected chi connectivity index (χ2v) is 8.40. The Balaban J connectivity index is 1.49. The zero-order valence-corrected chi connectivity index (χ0v) is 19.4. The molecule has 0 bridgehead atoms. The van der Waals surface area contributed by atoms with Crippen molar-refractivity contribution in [3.63, 3.8) is 0 Å². The lowest BCUT2D eigenvalue weighted by Crippen LogP contribution is -2.40. The number of nitriles is 1. The van der Waals surface area contributed by atoms with Gasteiger partial charge in [-0.25, -0.2) is 0 Å². The van der Waals surface area contributed by atoms with E-state index in [2.05, 4.69) is 21.3 Å². The molecule has 0 atom stereocenters. The largest absolute Gasteiger partial charge is 0.493 e. The Kier molecular flexibility index (Phi) is 6.85. The molecule has 1 N–H and O–H groups in total. The molecule has 1 aromatic heterocycles. The molecule has 1 aliphatic rings. The molecule has 1 fully saturated rings. The lowest BCUT2D eigenvalue weighted by molar-refractivity contribution is -0.125. The van der Waals surface area contributed by atoms with Crippen LogP contribution in [0.5, 0.6) is 11.5 Å². The first-order valence-corrected chi connectivity index (χ1v) is 11.1. The zero-order chi connectivity index (χ0) is 23.4. The molecule has 7 nitrogen and oxygen atoms in total. The quantitative estimate of drug-likeness (QED) is 0.585. The number of methoxy groups -OCH3 is 2. The van der Waals surface area contributed by atoms with Gasteiger partial charge in [-0.2, -0.15) is 5.26 Å². The normalized spacial score (nSPS) is 14.1. The molecular weight excluding hydrogens is 440 g/mol. The molecule has 170 valence electrons. The maximum Gasteiger partial charge on any atom is 0.223 e. The zero-order valence-electron chi connectivity index (χ0n) is 18.6. The average molecular weight is 465 g/mol. The smallest absolute Gasteiger partial charge is 0.223 e. The number of benzene rings is 2. The SMILES string of the molecule is COc1cc2ncc(C#N)c(N3CCC(C(=O)NCc4ccc(Cl)cc4)CC3)c2cc1OC. The van der Waals surface area contributed by atoms with E-state index in [-0.39, 0.29) is 11.8 Å². The van der Waals surface area contributed by atoms with Crippen LogP contribution in [0.2, 0.25) is 5.02 Å². The van der Waals surface area contributed by atoms with Crippen LogP contribution in [-0.2, 0) is 11.3 Å². The maximum atomic E-state index is 12.7. The minimum atomic E-state index is -0.0678. The van der Waals surface area contributed by atoms with Gasteiger partial charge in [0.25, 0.3) is 0 Å². The number of aromatic nitrogens is 1. The van der Waals surface area contributed by atoms with Gasteiger partial charge in [-0.05, 0) is 36.6 Å². The molecule has 0 unspecified atom stereocenters. The van der Waals surface area contributed by atoms with E-state index in [1.165, 1.54) is 0 Å². The van der Waals surface area contributed by atoms with E-state index in [1.54, 1.807) is 20.4 Å². The number of carbonyl (C=O) groups excluding carboxylic acids is 1. The highest BCUT2D eigenvalue weighted by Crippen LogP contribution is 2.38. The Morgan fingerprint density at radius 3 is 2.48 bits per heavy atom. The second kappa shape index (κ2) is 9.97. The molecule has 0 spiro atoms. The predicted octanol–water partition coefficient (Wildman–Crippen LogP) is 4.31. The van der Waals surface area contributed by atoms with Gasteiger partial charge in [-0.1, -0.05) is 23.7 Å². The molecule has 4 rings (SSSR count). The first-order chi connectivity index (χ1) is 16.0. The number of hydrogen-bond donors (Lipinski definition) is 1. The van der Waals surface area contributed by atoms with E-state index in [9.17, 15) is 10.1 Å². The number of pyridine rings is 1. The number of ether oxygens (including phenoxy) is 2.